The molecular formula is C8H7ClN2. The summed E-state index contributed by atoms with van der Waals surface area (Å²) in [7, 11) is 0. The lowest BCUT2D eigenvalue weighted by atomic mass is 10.3. The first-order valence-corrected chi connectivity index (χ1v) is 3.75. The van der Waals surface area contributed by atoms with Crippen LogP contribution >= 0.6 is 11.6 Å². The van der Waals surface area contributed by atoms with Gasteiger partial charge in [-0.2, -0.15) is 0 Å². The van der Waals surface area contributed by atoms with Gasteiger partial charge in [-0.15, -0.1) is 0 Å². The fraction of sp³-hybridized carbons (Fsp3) is 0.125. The van der Waals surface area contributed by atoms with Crippen LogP contribution in [0.15, 0.2) is 18.3 Å². The third-order valence-electron chi connectivity index (χ3n) is 1.68. The summed E-state index contributed by atoms with van der Waals surface area (Å²) >= 11 is 5.97. The Hall–Kier alpha value is -1.02. The Labute approximate surface area is 69.2 Å². The van der Waals surface area contributed by atoms with E-state index in [9.17, 15) is 0 Å². The summed E-state index contributed by atoms with van der Waals surface area (Å²) in [6.45, 7) is 1.93. The molecule has 11 heavy (non-hydrogen) atoms. The molecule has 0 bridgehead atoms. The summed E-state index contributed by atoms with van der Waals surface area (Å²) in [5.74, 6) is 0. The van der Waals surface area contributed by atoms with E-state index in [0.29, 0.717) is 0 Å². The molecular weight excluding hydrogens is 160 g/mol. The second kappa shape index (κ2) is 2.24. The Morgan fingerprint density at radius 2 is 2.36 bits per heavy atom. The molecule has 0 aliphatic heterocycles. The minimum Gasteiger partial charge on any atom is -0.342 e. The lowest BCUT2D eigenvalue weighted by Crippen LogP contribution is -1.72. The van der Waals surface area contributed by atoms with Gasteiger partial charge in [0.25, 0.3) is 0 Å². The summed E-state index contributed by atoms with van der Waals surface area (Å²) in [5.41, 5.74) is 1.83. The number of aromatic amines is 1. The third kappa shape index (κ3) is 0.906. The van der Waals surface area contributed by atoms with E-state index in [-0.39, 0.29) is 0 Å². The zero-order valence-corrected chi connectivity index (χ0v) is 6.81. The van der Waals surface area contributed by atoms with Crippen LogP contribution in [0.2, 0.25) is 5.02 Å². The second-order valence-electron chi connectivity index (χ2n) is 2.46. The van der Waals surface area contributed by atoms with Gasteiger partial charge < -0.3 is 4.98 Å². The standard InChI is InChI=1S/C8H7ClN2/c1-5-7(9)6-3-2-4-10-8(6)11-5/h2-4H,1H3,(H,10,11). The number of halogens is 1. The van der Waals surface area contributed by atoms with Gasteiger partial charge in [0, 0.05) is 17.3 Å². The minimum atomic E-state index is 0.771. The van der Waals surface area contributed by atoms with Gasteiger partial charge in [0.15, 0.2) is 0 Å². The van der Waals surface area contributed by atoms with Crippen molar-refractivity contribution >= 4 is 22.6 Å². The highest BCUT2D eigenvalue weighted by molar-refractivity contribution is 6.36. The highest BCUT2D eigenvalue weighted by atomic mass is 35.5. The topological polar surface area (TPSA) is 28.7 Å². The Kier molecular flexibility index (Phi) is 1.36. The van der Waals surface area contributed by atoms with Crippen LogP contribution in [-0.2, 0) is 0 Å². The lowest BCUT2D eigenvalue weighted by Gasteiger charge is -1.85. The van der Waals surface area contributed by atoms with Gasteiger partial charge in [-0.05, 0) is 19.1 Å². The normalized spacial score (nSPS) is 10.7. The minimum absolute atomic E-state index is 0.771. The first kappa shape index (κ1) is 6.68. The summed E-state index contributed by atoms with van der Waals surface area (Å²) < 4.78 is 0. The van der Waals surface area contributed by atoms with E-state index in [1.165, 1.54) is 0 Å². The Morgan fingerprint density at radius 1 is 1.55 bits per heavy atom. The summed E-state index contributed by atoms with van der Waals surface area (Å²) in [4.78, 5) is 7.21. The van der Waals surface area contributed by atoms with E-state index in [2.05, 4.69) is 9.97 Å². The number of hydrogen-bond donors (Lipinski definition) is 1. The van der Waals surface area contributed by atoms with E-state index in [1.54, 1.807) is 6.20 Å². The zero-order chi connectivity index (χ0) is 7.84. The molecule has 0 saturated carbocycles. The molecule has 0 amide bonds. The van der Waals surface area contributed by atoms with E-state index >= 15 is 0 Å². The molecule has 2 nitrogen and oxygen atoms in total. The van der Waals surface area contributed by atoms with Gasteiger partial charge in [0.05, 0.1) is 5.02 Å². The molecule has 0 atom stereocenters. The number of H-pyrrole nitrogens is 1. The first-order chi connectivity index (χ1) is 5.29. The van der Waals surface area contributed by atoms with Gasteiger partial charge in [0.1, 0.15) is 5.65 Å². The van der Waals surface area contributed by atoms with Crippen LogP contribution in [0.25, 0.3) is 11.0 Å². The predicted octanol–water partition coefficient (Wildman–Crippen LogP) is 2.52. The highest BCUT2D eigenvalue weighted by Crippen LogP contribution is 2.24. The number of hydrogen-bond acceptors (Lipinski definition) is 1. The second-order valence-corrected chi connectivity index (χ2v) is 2.84. The molecule has 2 aromatic heterocycles. The third-order valence-corrected chi connectivity index (χ3v) is 2.17. The average molecular weight is 167 g/mol. The number of nitrogens with zero attached hydrogens (tertiary/aromatic N) is 1. The van der Waals surface area contributed by atoms with Crippen molar-refractivity contribution in [2.24, 2.45) is 0 Å². The molecule has 0 saturated heterocycles. The maximum absolute atomic E-state index is 5.97. The van der Waals surface area contributed by atoms with Gasteiger partial charge >= 0.3 is 0 Å². The molecule has 0 aliphatic rings. The van der Waals surface area contributed by atoms with Crippen LogP contribution in [0.4, 0.5) is 0 Å². The van der Waals surface area contributed by atoms with Gasteiger partial charge in [0.2, 0.25) is 0 Å². The van der Waals surface area contributed by atoms with Crippen molar-refractivity contribution in [2.75, 3.05) is 0 Å². The van der Waals surface area contributed by atoms with E-state index in [0.717, 1.165) is 21.7 Å². The number of aryl methyl sites for hydroxylation is 1. The molecule has 0 aliphatic carbocycles. The van der Waals surface area contributed by atoms with Crippen molar-refractivity contribution in [3.63, 3.8) is 0 Å². The van der Waals surface area contributed by atoms with E-state index in [1.807, 2.05) is 19.1 Å². The van der Waals surface area contributed by atoms with Crippen molar-refractivity contribution in [1.29, 1.82) is 0 Å². The molecule has 0 fully saturated rings. The van der Waals surface area contributed by atoms with Crippen molar-refractivity contribution < 1.29 is 0 Å². The molecule has 2 rings (SSSR count). The molecule has 1 N–H and O–H groups in total. The Bertz CT molecular complexity index is 392. The number of rotatable bonds is 0. The van der Waals surface area contributed by atoms with Crippen LogP contribution in [0, 0.1) is 6.92 Å². The zero-order valence-electron chi connectivity index (χ0n) is 6.06. The van der Waals surface area contributed by atoms with Crippen LogP contribution in [-0.4, -0.2) is 9.97 Å². The summed E-state index contributed by atoms with van der Waals surface area (Å²) in [6.07, 6.45) is 1.74. The molecule has 0 unspecified atom stereocenters. The van der Waals surface area contributed by atoms with E-state index in [4.69, 9.17) is 11.6 Å². The number of pyridine rings is 1. The summed E-state index contributed by atoms with van der Waals surface area (Å²) in [6, 6.07) is 3.83. The van der Waals surface area contributed by atoms with Crippen molar-refractivity contribution in [3.8, 4) is 0 Å². The smallest absolute Gasteiger partial charge is 0.138 e. The average Bonchev–Trinajstić information content (AvgIpc) is 2.30. The molecule has 0 spiro atoms. The SMILES string of the molecule is Cc1[nH]c2ncccc2c1Cl. The molecule has 2 aromatic rings. The maximum Gasteiger partial charge on any atom is 0.138 e. The molecule has 0 aromatic carbocycles. The maximum atomic E-state index is 5.97. The molecule has 3 heteroatoms. The van der Waals surface area contributed by atoms with Crippen molar-refractivity contribution in [3.05, 3.63) is 29.0 Å². The summed E-state index contributed by atoms with van der Waals surface area (Å²) in [5, 5.41) is 1.76. The van der Waals surface area contributed by atoms with Crippen LogP contribution in [0.1, 0.15) is 5.69 Å². The van der Waals surface area contributed by atoms with Crippen molar-refractivity contribution in [1.82, 2.24) is 9.97 Å². The fourth-order valence-corrected chi connectivity index (χ4v) is 1.32. The Balaban J connectivity index is 2.92. The Morgan fingerprint density at radius 3 is 3.09 bits per heavy atom. The van der Waals surface area contributed by atoms with Crippen LogP contribution < -0.4 is 0 Å². The molecule has 2 heterocycles. The quantitative estimate of drug-likeness (QED) is 0.640. The van der Waals surface area contributed by atoms with Gasteiger partial charge in [-0.1, -0.05) is 11.6 Å². The van der Waals surface area contributed by atoms with Gasteiger partial charge in [-0.25, -0.2) is 4.98 Å². The predicted molar refractivity (Wildman–Crippen MR) is 45.8 cm³/mol. The first-order valence-electron chi connectivity index (χ1n) is 3.38. The highest BCUT2D eigenvalue weighted by Gasteiger charge is 2.04. The van der Waals surface area contributed by atoms with Crippen LogP contribution in [0.3, 0.4) is 0 Å². The largest absolute Gasteiger partial charge is 0.342 e. The number of fused-ring (bicyclic) bond motifs is 1. The van der Waals surface area contributed by atoms with Gasteiger partial charge in [-0.3, -0.25) is 0 Å². The lowest BCUT2D eigenvalue weighted by molar-refractivity contribution is 1.25. The van der Waals surface area contributed by atoms with Crippen molar-refractivity contribution in [2.45, 2.75) is 6.92 Å². The van der Waals surface area contributed by atoms with E-state index < -0.39 is 0 Å². The number of aromatic nitrogens is 2. The number of nitrogens with one attached hydrogen (secondary N) is 1. The van der Waals surface area contributed by atoms with Crippen LogP contribution in [0.5, 0.6) is 0 Å². The monoisotopic (exact) mass is 166 g/mol. The molecule has 56 valence electrons. The fourth-order valence-electron chi connectivity index (χ4n) is 1.12. The molecule has 0 radical (unpaired) electrons.